The van der Waals surface area contributed by atoms with Gasteiger partial charge in [-0.25, -0.2) is 4.98 Å². The number of β-amino-alcohol motifs (C(OH)–C–C–N with tert-alkyl or cyclic N) is 1. The van der Waals surface area contributed by atoms with E-state index in [1.807, 2.05) is 81.7 Å². The molecule has 5 fully saturated rings. The standard InChI is InChI=1S/C49H65N5O8S/c1-30-20-37-25-47(23-30,24-31(2)49(37)60-48(61-62-49)18-8-7-9-19-48)45(59)51-27-34-12-10-33(11-13-34)21-40(56)53-42(46(4,5)6)44(58)54-28-38(55)22-39(54)43(57)50-26-35-14-16-36(17-15-35)41-32(3)52-29-63-41/h10-17,29-31,37-39,42,55H,7-9,18-28H2,1-6H3,(H,50,57)(H,51,59)(H,53,56). The number of fused-ring (bicyclic) bond motifs is 3. The largest absolute Gasteiger partial charge is 0.391 e. The first kappa shape index (κ1) is 45.4. The van der Waals surface area contributed by atoms with Gasteiger partial charge in [-0.1, -0.05) is 89.6 Å². The Morgan fingerprint density at radius 3 is 2.22 bits per heavy atom. The van der Waals surface area contributed by atoms with E-state index in [0.717, 1.165) is 71.3 Å². The Hall–Kier alpha value is -4.21. The lowest BCUT2D eigenvalue weighted by atomic mass is 9.54. The number of benzene rings is 2. The summed E-state index contributed by atoms with van der Waals surface area (Å²) in [6.07, 6.45) is 7.41. The van der Waals surface area contributed by atoms with E-state index in [4.69, 9.17) is 14.5 Å². The fraction of sp³-hybridized carbons (Fsp3) is 0.612. The molecule has 5 aliphatic rings. The number of amides is 4. The van der Waals surface area contributed by atoms with Crippen LogP contribution >= 0.6 is 11.3 Å². The van der Waals surface area contributed by atoms with Crippen LogP contribution in [0.4, 0.5) is 0 Å². The van der Waals surface area contributed by atoms with Crippen molar-refractivity contribution in [3.05, 3.63) is 76.4 Å². The monoisotopic (exact) mass is 883 g/mol. The van der Waals surface area contributed by atoms with Crippen LogP contribution in [-0.4, -0.2) is 74.9 Å². The van der Waals surface area contributed by atoms with E-state index in [-0.39, 0.29) is 55.5 Å². The molecule has 13 nitrogen and oxygen atoms in total. The van der Waals surface area contributed by atoms with Crippen molar-refractivity contribution in [1.82, 2.24) is 25.8 Å². The van der Waals surface area contributed by atoms with E-state index in [2.05, 4.69) is 34.8 Å². The van der Waals surface area contributed by atoms with Gasteiger partial charge in [-0.3, -0.25) is 19.2 Å². The SMILES string of the molecule is Cc1ncsc1-c1ccc(CNC(=O)C2CC(O)CN2C(=O)C(NC(=O)Cc2ccc(CNC(=O)C34CC(C)CC(C3)C3(OOC5(CCCCC5)O3)C(C)C4)cc2)C(C)(C)C)cc1. The summed E-state index contributed by atoms with van der Waals surface area (Å²) in [5.74, 6) is -2.10. The Morgan fingerprint density at radius 2 is 1.56 bits per heavy atom. The molecule has 8 unspecified atom stereocenters. The Morgan fingerprint density at radius 1 is 0.889 bits per heavy atom. The second-order valence-corrected chi connectivity index (χ2v) is 21.3. The zero-order chi connectivity index (χ0) is 44.7. The number of aliphatic hydroxyl groups is 1. The predicted molar refractivity (Wildman–Crippen MR) is 238 cm³/mol. The zero-order valence-electron chi connectivity index (χ0n) is 37.7. The van der Waals surface area contributed by atoms with Crippen molar-refractivity contribution < 1.29 is 38.8 Å². The van der Waals surface area contributed by atoms with Gasteiger partial charge in [0.15, 0.2) is 0 Å². The minimum Gasteiger partial charge on any atom is -0.391 e. The molecule has 3 heterocycles. The summed E-state index contributed by atoms with van der Waals surface area (Å²) in [5.41, 5.74) is 5.24. The summed E-state index contributed by atoms with van der Waals surface area (Å²) in [4.78, 5) is 74.4. The molecule has 2 spiro atoms. The van der Waals surface area contributed by atoms with Crippen molar-refractivity contribution in [2.75, 3.05) is 6.54 Å². The van der Waals surface area contributed by atoms with Crippen LogP contribution < -0.4 is 16.0 Å². The van der Waals surface area contributed by atoms with Crippen LogP contribution in [0.5, 0.6) is 0 Å². The van der Waals surface area contributed by atoms with E-state index in [1.54, 1.807) is 11.3 Å². The number of carbonyl (C=O) groups is 4. The first-order valence-electron chi connectivity index (χ1n) is 23.0. The van der Waals surface area contributed by atoms with E-state index in [1.165, 1.54) is 11.3 Å². The fourth-order valence-electron chi connectivity index (χ4n) is 11.2. The van der Waals surface area contributed by atoms with Crippen LogP contribution in [0.25, 0.3) is 10.4 Å². The molecule has 1 aromatic heterocycles. The average molecular weight is 884 g/mol. The molecule has 8 atom stereocenters. The molecule has 3 aliphatic carbocycles. The quantitative estimate of drug-likeness (QED) is 0.150. The van der Waals surface area contributed by atoms with Gasteiger partial charge >= 0.3 is 0 Å². The maximum absolute atomic E-state index is 14.2. The second-order valence-electron chi connectivity index (χ2n) is 20.4. The molecule has 3 aromatic rings. The van der Waals surface area contributed by atoms with Crippen molar-refractivity contribution in [3.63, 3.8) is 0 Å². The second kappa shape index (κ2) is 18.0. The number of carbonyl (C=O) groups excluding carboxylic acids is 4. The van der Waals surface area contributed by atoms with Crippen LogP contribution in [0.2, 0.25) is 0 Å². The first-order valence-corrected chi connectivity index (χ1v) is 23.8. The van der Waals surface area contributed by atoms with E-state index < -0.39 is 46.5 Å². The minimum atomic E-state index is -0.936. The minimum absolute atomic E-state index is 0.000774. The summed E-state index contributed by atoms with van der Waals surface area (Å²) in [6, 6.07) is 13.7. The number of nitrogens with zero attached hydrogens (tertiary/aromatic N) is 2. The third-order valence-electron chi connectivity index (χ3n) is 14.3. The topological polar surface area (TPSA) is 168 Å². The summed E-state index contributed by atoms with van der Waals surface area (Å²) in [7, 11) is 0. The van der Waals surface area contributed by atoms with E-state index in [0.29, 0.717) is 25.3 Å². The number of hydrogen-bond acceptors (Lipinski definition) is 10. The molecule has 63 heavy (non-hydrogen) atoms. The summed E-state index contributed by atoms with van der Waals surface area (Å²) >= 11 is 1.58. The van der Waals surface area contributed by atoms with Gasteiger partial charge in [0, 0.05) is 50.7 Å². The van der Waals surface area contributed by atoms with Crippen LogP contribution in [-0.2, 0) is 53.2 Å². The normalized spacial score (nSPS) is 29.4. The Kier molecular flexibility index (Phi) is 13.0. The number of hydrogen-bond donors (Lipinski definition) is 4. The summed E-state index contributed by atoms with van der Waals surface area (Å²) in [5, 5.41) is 19.8. The number of ether oxygens (including phenoxy) is 1. The Bertz CT molecular complexity index is 2140. The zero-order valence-corrected chi connectivity index (χ0v) is 38.5. The number of likely N-dealkylation sites (tertiary alicyclic amines) is 1. The molecule has 2 aromatic carbocycles. The van der Waals surface area contributed by atoms with Crippen molar-refractivity contribution >= 4 is 35.0 Å². The molecular weight excluding hydrogens is 819 g/mol. The highest BCUT2D eigenvalue weighted by molar-refractivity contribution is 7.13. The van der Waals surface area contributed by atoms with Gasteiger partial charge in [-0.15, -0.1) is 11.3 Å². The lowest BCUT2D eigenvalue weighted by Gasteiger charge is -2.55. The van der Waals surface area contributed by atoms with Crippen molar-refractivity contribution in [2.24, 2.45) is 28.6 Å². The predicted octanol–water partition coefficient (Wildman–Crippen LogP) is 6.88. The number of nitrogens with one attached hydrogen (secondary N) is 3. The molecule has 4 amide bonds. The van der Waals surface area contributed by atoms with Gasteiger partial charge < -0.3 is 30.7 Å². The van der Waals surface area contributed by atoms with Crippen molar-refractivity contribution in [2.45, 2.75) is 155 Å². The molecule has 0 radical (unpaired) electrons. The van der Waals surface area contributed by atoms with E-state index in [9.17, 15) is 24.3 Å². The molecule has 2 bridgehead atoms. The highest BCUT2D eigenvalue weighted by atomic mass is 32.1. The number of aryl methyl sites for hydroxylation is 1. The maximum Gasteiger partial charge on any atom is 0.246 e. The highest BCUT2D eigenvalue weighted by Crippen LogP contribution is 2.62. The molecule has 340 valence electrons. The average Bonchev–Trinajstić information content (AvgIpc) is 3.97. The van der Waals surface area contributed by atoms with Crippen LogP contribution in [0.1, 0.15) is 121 Å². The van der Waals surface area contributed by atoms with Crippen LogP contribution in [0.3, 0.4) is 0 Å². The Labute approximate surface area is 375 Å². The molecule has 8 rings (SSSR count). The van der Waals surface area contributed by atoms with Gasteiger partial charge in [0.2, 0.25) is 35.2 Å². The molecule has 4 N–H and O–H groups in total. The van der Waals surface area contributed by atoms with Gasteiger partial charge in [0.05, 0.1) is 34.0 Å². The highest BCUT2D eigenvalue weighted by Gasteiger charge is 2.66. The number of rotatable bonds is 11. The number of thiazole rings is 1. The van der Waals surface area contributed by atoms with Crippen molar-refractivity contribution in [1.29, 1.82) is 0 Å². The molecule has 2 saturated heterocycles. The smallest absolute Gasteiger partial charge is 0.246 e. The molecule has 14 heteroatoms. The molecule has 2 aliphatic heterocycles. The first-order chi connectivity index (χ1) is 30.0. The lowest BCUT2D eigenvalue weighted by molar-refractivity contribution is -0.382. The number of aliphatic hydroxyl groups excluding tert-OH is 1. The van der Waals surface area contributed by atoms with Gasteiger partial charge in [-0.05, 0) is 79.0 Å². The summed E-state index contributed by atoms with van der Waals surface area (Å²) in [6.45, 7) is 12.6. The maximum atomic E-state index is 14.2. The fourth-order valence-corrected chi connectivity index (χ4v) is 12.0. The lowest BCUT2D eigenvalue weighted by Crippen LogP contribution is -2.60. The number of aromatic nitrogens is 1. The van der Waals surface area contributed by atoms with E-state index >= 15 is 0 Å². The molecular formula is C49H65N5O8S. The summed E-state index contributed by atoms with van der Waals surface area (Å²) < 4.78 is 6.83. The van der Waals surface area contributed by atoms with Crippen LogP contribution in [0, 0.1) is 35.5 Å². The molecule has 3 saturated carbocycles. The Balaban J connectivity index is 0.842. The third-order valence-corrected chi connectivity index (χ3v) is 15.3. The van der Waals surface area contributed by atoms with Crippen LogP contribution in [0.15, 0.2) is 54.0 Å². The van der Waals surface area contributed by atoms with Gasteiger partial charge in [0.1, 0.15) is 12.1 Å². The van der Waals surface area contributed by atoms with Gasteiger partial charge in [0.25, 0.3) is 0 Å². The van der Waals surface area contributed by atoms with Crippen molar-refractivity contribution in [3.8, 4) is 10.4 Å². The van der Waals surface area contributed by atoms with Gasteiger partial charge in [-0.2, -0.15) is 9.78 Å². The third kappa shape index (κ3) is 9.47.